The maximum atomic E-state index is 10.5. The minimum Gasteiger partial charge on any atom is -0.479 e. The maximum Gasteiger partial charge on any atom is 0.332 e. The molecule has 66 valence electrons. The highest BCUT2D eigenvalue weighted by atomic mass is 16.5. The summed E-state index contributed by atoms with van der Waals surface area (Å²) in [5, 5.41) is 8.61. The lowest BCUT2D eigenvalue weighted by Gasteiger charge is -2.23. The summed E-state index contributed by atoms with van der Waals surface area (Å²) >= 11 is 0. The Balaban J connectivity index is 3.99. The van der Waals surface area contributed by atoms with Crippen molar-refractivity contribution in [3.05, 3.63) is 0 Å². The van der Waals surface area contributed by atoms with Crippen molar-refractivity contribution < 1.29 is 14.6 Å². The van der Waals surface area contributed by atoms with Crippen molar-refractivity contribution >= 4 is 5.97 Å². The Kier molecular flexibility index (Phi) is 3.52. The number of carboxylic acids is 1. The van der Waals surface area contributed by atoms with Crippen LogP contribution in [0, 0.1) is 0 Å². The van der Waals surface area contributed by atoms with Gasteiger partial charge in [0.1, 0.15) is 0 Å². The van der Waals surface area contributed by atoms with Crippen molar-refractivity contribution in [2.45, 2.75) is 45.8 Å². The van der Waals surface area contributed by atoms with Crippen LogP contribution in [-0.4, -0.2) is 22.8 Å². The molecule has 3 heteroatoms. The molecular formula is C8H16O3. The zero-order chi connectivity index (χ0) is 9.07. The number of carbonyl (C=O) groups is 1. The Morgan fingerprint density at radius 3 is 2.09 bits per heavy atom. The molecule has 0 fully saturated rings. The van der Waals surface area contributed by atoms with E-state index in [4.69, 9.17) is 9.84 Å². The Hall–Kier alpha value is -0.570. The van der Waals surface area contributed by atoms with Crippen molar-refractivity contribution in [1.29, 1.82) is 0 Å². The van der Waals surface area contributed by atoms with Crippen LogP contribution in [0.3, 0.4) is 0 Å². The normalized spacial score (nSPS) is 14.5. The number of ether oxygens (including phenoxy) is 1. The zero-order valence-electron chi connectivity index (χ0n) is 7.55. The van der Waals surface area contributed by atoms with Crippen molar-refractivity contribution in [3.8, 4) is 0 Å². The highest BCUT2D eigenvalue weighted by molar-refractivity contribution is 5.72. The summed E-state index contributed by atoms with van der Waals surface area (Å²) in [6.07, 6.45) is -0.165. The second-order valence-electron chi connectivity index (χ2n) is 3.47. The highest BCUT2D eigenvalue weighted by Crippen LogP contribution is 2.12. The molecule has 0 aliphatic heterocycles. The second kappa shape index (κ2) is 3.72. The minimum atomic E-state index is -0.887. The number of hydrogen-bond donors (Lipinski definition) is 1. The van der Waals surface area contributed by atoms with Gasteiger partial charge >= 0.3 is 5.97 Å². The van der Waals surface area contributed by atoms with Gasteiger partial charge in [-0.15, -0.1) is 0 Å². The van der Waals surface area contributed by atoms with Gasteiger partial charge in [0.05, 0.1) is 5.60 Å². The largest absolute Gasteiger partial charge is 0.479 e. The van der Waals surface area contributed by atoms with Gasteiger partial charge in [0.2, 0.25) is 0 Å². The van der Waals surface area contributed by atoms with Gasteiger partial charge in [-0.3, -0.25) is 0 Å². The molecule has 1 N–H and O–H groups in total. The van der Waals surface area contributed by atoms with E-state index in [9.17, 15) is 4.79 Å². The number of rotatable bonds is 3. The summed E-state index contributed by atoms with van der Waals surface area (Å²) in [7, 11) is 0. The van der Waals surface area contributed by atoms with Crippen LogP contribution >= 0.6 is 0 Å². The van der Waals surface area contributed by atoms with Crippen molar-refractivity contribution in [3.63, 3.8) is 0 Å². The van der Waals surface area contributed by atoms with Crippen LogP contribution in [0.2, 0.25) is 0 Å². The Morgan fingerprint density at radius 1 is 1.55 bits per heavy atom. The van der Waals surface area contributed by atoms with E-state index >= 15 is 0 Å². The van der Waals surface area contributed by atoms with E-state index in [0.717, 1.165) is 0 Å². The quantitative estimate of drug-likeness (QED) is 0.683. The lowest BCUT2D eigenvalue weighted by molar-refractivity contribution is -0.160. The highest BCUT2D eigenvalue weighted by Gasteiger charge is 2.22. The molecule has 0 aliphatic carbocycles. The predicted octanol–water partition coefficient (Wildman–Crippen LogP) is 1.66. The van der Waals surface area contributed by atoms with Gasteiger partial charge in [-0.1, -0.05) is 6.92 Å². The molecule has 0 unspecified atom stereocenters. The molecule has 0 heterocycles. The standard InChI is InChI=1S/C8H16O3/c1-5-6(7(9)10)11-8(2,3)4/h6H,5H2,1-4H3,(H,9,10)/t6-/m1/s1. The van der Waals surface area contributed by atoms with Gasteiger partial charge in [0, 0.05) is 0 Å². The predicted molar refractivity (Wildman–Crippen MR) is 42.6 cm³/mol. The molecule has 0 aromatic heterocycles. The Morgan fingerprint density at radius 2 is 2.00 bits per heavy atom. The van der Waals surface area contributed by atoms with E-state index < -0.39 is 12.1 Å². The van der Waals surface area contributed by atoms with E-state index in [1.54, 1.807) is 6.92 Å². The molecule has 0 saturated heterocycles. The average Bonchev–Trinajstić information content (AvgIpc) is 1.80. The summed E-state index contributed by atoms with van der Waals surface area (Å²) in [6.45, 7) is 7.33. The van der Waals surface area contributed by atoms with Gasteiger partial charge in [0.15, 0.2) is 6.10 Å². The Bertz CT molecular complexity index is 135. The van der Waals surface area contributed by atoms with E-state index in [1.165, 1.54) is 0 Å². The van der Waals surface area contributed by atoms with Crippen LogP contribution in [0.15, 0.2) is 0 Å². The number of aliphatic carboxylic acids is 1. The fraction of sp³-hybridized carbons (Fsp3) is 0.875. The van der Waals surface area contributed by atoms with Gasteiger partial charge in [-0.05, 0) is 27.2 Å². The molecule has 0 amide bonds. The lowest BCUT2D eigenvalue weighted by atomic mass is 10.1. The van der Waals surface area contributed by atoms with E-state index in [1.807, 2.05) is 20.8 Å². The first-order chi connectivity index (χ1) is 4.87. The summed E-state index contributed by atoms with van der Waals surface area (Å²) in [5.74, 6) is -0.887. The van der Waals surface area contributed by atoms with E-state index in [0.29, 0.717) is 6.42 Å². The lowest BCUT2D eigenvalue weighted by Crippen LogP contribution is -2.32. The summed E-state index contributed by atoms with van der Waals surface area (Å²) in [4.78, 5) is 10.5. The van der Waals surface area contributed by atoms with Crippen LogP contribution in [0.4, 0.5) is 0 Å². The third-order valence-electron chi connectivity index (χ3n) is 1.14. The molecule has 0 radical (unpaired) electrons. The molecule has 0 rings (SSSR count). The smallest absolute Gasteiger partial charge is 0.332 e. The maximum absolute atomic E-state index is 10.5. The van der Waals surface area contributed by atoms with Gasteiger partial charge < -0.3 is 9.84 Å². The minimum absolute atomic E-state index is 0.376. The third-order valence-corrected chi connectivity index (χ3v) is 1.14. The molecule has 1 atom stereocenters. The fourth-order valence-corrected chi connectivity index (χ4v) is 0.735. The molecule has 11 heavy (non-hydrogen) atoms. The van der Waals surface area contributed by atoms with Crippen LogP contribution < -0.4 is 0 Å². The number of hydrogen-bond acceptors (Lipinski definition) is 2. The van der Waals surface area contributed by atoms with E-state index in [-0.39, 0.29) is 5.60 Å². The van der Waals surface area contributed by atoms with Gasteiger partial charge in [-0.25, -0.2) is 4.79 Å². The molecule has 0 bridgehead atoms. The first-order valence-electron chi connectivity index (χ1n) is 3.77. The third kappa shape index (κ3) is 4.79. The number of carboxylic acid groups (broad SMARTS) is 1. The molecule has 3 nitrogen and oxygen atoms in total. The molecular weight excluding hydrogens is 144 g/mol. The van der Waals surface area contributed by atoms with Gasteiger partial charge in [0.25, 0.3) is 0 Å². The summed E-state index contributed by atoms with van der Waals surface area (Å²) in [6, 6.07) is 0. The SMILES string of the molecule is CC[C@@H](OC(C)(C)C)C(=O)O. The topological polar surface area (TPSA) is 46.5 Å². The molecule has 0 saturated carbocycles. The molecule has 0 aliphatic rings. The van der Waals surface area contributed by atoms with Crippen LogP contribution in [0.5, 0.6) is 0 Å². The average molecular weight is 160 g/mol. The van der Waals surface area contributed by atoms with E-state index in [2.05, 4.69) is 0 Å². The summed E-state index contributed by atoms with van der Waals surface area (Å²) in [5.41, 5.74) is -0.376. The van der Waals surface area contributed by atoms with Crippen LogP contribution in [-0.2, 0) is 9.53 Å². The molecule has 0 aromatic rings. The van der Waals surface area contributed by atoms with Crippen LogP contribution in [0.25, 0.3) is 0 Å². The van der Waals surface area contributed by atoms with Crippen molar-refractivity contribution in [2.75, 3.05) is 0 Å². The zero-order valence-corrected chi connectivity index (χ0v) is 7.55. The van der Waals surface area contributed by atoms with Crippen molar-refractivity contribution in [1.82, 2.24) is 0 Å². The van der Waals surface area contributed by atoms with Crippen molar-refractivity contribution in [2.24, 2.45) is 0 Å². The first-order valence-corrected chi connectivity index (χ1v) is 3.77. The van der Waals surface area contributed by atoms with Gasteiger partial charge in [-0.2, -0.15) is 0 Å². The monoisotopic (exact) mass is 160 g/mol. The first kappa shape index (κ1) is 10.4. The Labute approximate surface area is 67.4 Å². The molecule has 0 spiro atoms. The summed E-state index contributed by atoms with van der Waals surface area (Å²) < 4.78 is 5.25. The second-order valence-corrected chi connectivity index (χ2v) is 3.47. The molecule has 0 aromatic carbocycles. The fourth-order valence-electron chi connectivity index (χ4n) is 0.735. The van der Waals surface area contributed by atoms with Crippen LogP contribution in [0.1, 0.15) is 34.1 Å².